The lowest BCUT2D eigenvalue weighted by atomic mass is 9.96. The van der Waals surface area contributed by atoms with Gasteiger partial charge in [-0.1, -0.05) is 0 Å². The SMILES string of the molecule is COc1cc(C)nc(N2CCC(c3ncc(C(F)(F)F)[nH]3)CC2)n1. The summed E-state index contributed by atoms with van der Waals surface area (Å²) in [6, 6.07) is 1.75. The van der Waals surface area contributed by atoms with Crippen molar-refractivity contribution >= 4 is 5.95 Å². The number of hydrogen-bond donors (Lipinski definition) is 1. The number of alkyl halides is 3. The Morgan fingerprint density at radius 2 is 1.96 bits per heavy atom. The first-order valence-corrected chi connectivity index (χ1v) is 7.63. The zero-order chi connectivity index (χ0) is 17.3. The standard InChI is InChI=1S/C15H18F3N5O/c1-9-7-12(24-2)22-14(20-9)23-5-3-10(4-6-23)13-19-8-11(21-13)15(16,17)18/h7-8,10H,3-6H2,1-2H3,(H,19,21). The maximum Gasteiger partial charge on any atom is 0.432 e. The summed E-state index contributed by atoms with van der Waals surface area (Å²) in [5, 5.41) is 0. The number of piperidine rings is 1. The Kier molecular flexibility index (Phi) is 4.33. The summed E-state index contributed by atoms with van der Waals surface area (Å²) in [6.45, 7) is 3.17. The molecule has 1 N–H and O–H groups in total. The van der Waals surface area contributed by atoms with Gasteiger partial charge in [-0.2, -0.15) is 18.2 Å². The maximum atomic E-state index is 12.7. The number of aromatic amines is 1. The number of aryl methyl sites for hydroxylation is 1. The molecule has 2 aromatic rings. The van der Waals surface area contributed by atoms with Gasteiger partial charge < -0.3 is 14.6 Å². The van der Waals surface area contributed by atoms with Gasteiger partial charge in [0.1, 0.15) is 11.5 Å². The molecule has 1 saturated heterocycles. The van der Waals surface area contributed by atoms with Gasteiger partial charge in [0, 0.05) is 30.8 Å². The van der Waals surface area contributed by atoms with Gasteiger partial charge in [-0.25, -0.2) is 9.97 Å². The molecule has 0 unspecified atom stereocenters. The van der Waals surface area contributed by atoms with Crippen molar-refractivity contribution in [3.05, 3.63) is 29.5 Å². The molecule has 0 saturated carbocycles. The summed E-state index contributed by atoms with van der Waals surface area (Å²) >= 11 is 0. The second-order valence-corrected chi connectivity index (χ2v) is 5.79. The van der Waals surface area contributed by atoms with Gasteiger partial charge in [-0.3, -0.25) is 0 Å². The normalized spacial score (nSPS) is 16.5. The van der Waals surface area contributed by atoms with Crippen LogP contribution in [0.5, 0.6) is 5.88 Å². The number of methoxy groups -OCH3 is 1. The number of aromatic nitrogens is 4. The fraction of sp³-hybridized carbons (Fsp3) is 0.533. The van der Waals surface area contributed by atoms with Gasteiger partial charge in [-0.05, 0) is 19.8 Å². The third-order valence-electron chi connectivity index (χ3n) is 4.09. The predicted molar refractivity (Wildman–Crippen MR) is 81.1 cm³/mol. The molecule has 1 fully saturated rings. The number of anilines is 1. The van der Waals surface area contributed by atoms with Crippen molar-refractivity contribution in [1.29, 1.82) is 0 Å². The predicted octanol–water partition coefficient (Wildman–Crippen LogP) is 2.92. The highest BCUT2D eigenvalue weighted by molar-refractivity contribution is 5.35. The Labute approximate surface area is 137 Å². The van der Waals surface area contributed by atoms with Crippen molar-refractivity contribution in [2.24, 2.45) is 0 Å². The topological polar surface area (TPSA) is 66.9 Å². The largest absolute Gasteiger partial charge is 0.481 e. The monoisotopic (exact) mass is 341 g/mol. The third kappa shape index (κ3) is 3.44. The number of nitrogens with one attached hydrogen (secondary N) is 1. The molecule has 0 atom stereocenters. The van der Waals surface area contributed by atoms with Crippen LogP contribution in [0.15, 0.2) is 12.3 Å². The quantitative estimate of drug-likeness (QED) is 0.930. The van der Waals surface area contributed by atoms with Crippen molar-refractivity contribution < 1.29 is 17.9 Å². The average molecular weight is 341 g/mol. The van der Waals surface area contributed by atoms with E-state index >= 15 is 0 Å². The van der Waals surface area contributed by atoms with Gasteiger partial charge in [-0.15, -0.1) is 0 Å². The van der Waals surface area contributed by atoms with E-state index < -0.39 is 11.9 Å². The fourth-order valence-corrected chi connectivity index (χ4v) is 2.81. The van der Waals surface area contributed by atoms with E-state index in [1.165, 1.54) is 0 Å². The summed E-state index contributed by atoms with van der Waals surface area (Å²) in [5.41, 5.74) is 0.00603. The van der Waals surface area contributed by atoms with Crippen molar-refractivity contribution in [2.75, 3.05) is 25.1 Å². The molecular formula is C15H18F3N5O. The van der Waals surface area contributed by atoms with Crippen LogP contribution >= 0.6 is 0 Å². The number of hydrogen-bond acceptors (Lipinski definition) is 5. The summed E-state index contributed by atoms with van der Waals surface area (Å²) < 4.78 is 43.1. The van der Waals surface area contributed by atoms with E-state index in [2.05, 4.69) is 19.9 Å². The van der Waals surface area contributed by atoms with E-state index in [1.54, 1.807) is 13.2 Å². The molecule has 0 spiro atoms. The number of nitrogens with zero attached hydrogens (tertiary/aromatic N) is 4. The van der Waals surface area contributed by atoms with Crippen molar-refractivity contribution in [1.82, 2.24) is 19.9 Å². The first-order chi connectivity index (χ1) is 11.4. The summed E-state index contributed by atoms with van der Waals surface area (Å²) in [6.07, 6.45) is -2.16. The molecule has 0 bridgehead atoms. The van der Waals surface area contributed by atoms with Gasteiger partial charge >= 0.3 is 6.18 Å². The lowest BCUT2D eigenvalue weighted by Crippen LogP contribution is -2.34. The Morgan fingerprint density at radius 3 is 2.54 bits per heavy atom. The van der Waals surface area contributed by atoms with Crippen molar-refractivity contribution in [3.63, 3.8) is 0 Å². The average Bonchev–Trinajstić information content (AvgIpc) is 3.04. The van der Waals surface area contributed by atoms with Crippen LogP contribution in [0.1, 0.15) is 36.0 Å². The summed E-state index contributed by atoms with van der Waals surface area (Å²) in [5.74, 6) is 1.45. The summed E-state index contributed by atoms with van der Waals surface area (Å²) in [7, 11) is 1.55. The molecule has 0 aliphatic carbocycles. The minimum atomic E-state index is -4.39. The van der Waals surface area contributed by atoms with Gasteiger partial charge in [0.2, 0.25) is 11.8 Å². The van der Waals surface area contributed by atoms with Crippen LogP contribution in [0.25, 0.3) is 0 Å². The van der Waals surface area contributed by atoms with Crippen molar-refractivity contribution in [3.8, 4) is 5.88 Å². The van der Waals surface area contributed by atoms with Crippen LogP contribution in [0, 0.1) is 6.92 Å². The van der Waals surface area contributed by atoms with Gasteiger partial charge in [0.05, 0.1) is 13.3 Å². The van der Waals surface area contributed by atoms with Crippen LogP contribution < -0.4 is 9.64 Å². The van der Waals surface area contributed by atoms with Crippen LogP contribution in [0.3, 0.4) is 0 Å². The molecule has 1 aliphatic heterocycles. The Bertz CT molecular complexity index is 707. The third-order valence-corrected chi connectivity index (χ3v) is 4.09. The Morgan fingerprint density at radius 1 is 1.25 bits per heavy atom. The maximum absolute atomic E-state index is 12.7. The second kappa shape index (κ2) is 6.29. The van der Waals surface area contributed by atoms with Crippen LogP contribution in [0.4, 0.5) is 19.1 Å². The van der Waals surface area contributed by atoms with E-state index in [4.69, 9.17) is 4.74 Å². The molecule has 6 nitrogen and oxygen atoms in total. The fourth-order valence-electron chi connectivity index (χ4n) is 2.81. The molecule has 0 aromatic carbocycles. The highest BCUT2D eigenvalue weighted by atomic mass is 19.4. The number of H-pyrrole nitrogens is 1. The molecule has 24 heavy (non-hydrogen) atoms. The van der Waals surface area contributed by atoms with E-state index in [0.717, 1.165) is 11.9 Å². The highest BCUT2D eigenvalue weighted by Gasteiger charge is 2.34. The molecule has 9 heteroatoms. The zero-order valence-electron chi connectivity index (χ0n) is 13.4. The minimum absolute atomic E-state index is 0.0240. The van der Waals surface area contributed by atoms with E-state index in [9.17, 15) is 13.2 Å². The van der Waals surface area contributed by atoms with Crippen LogP contribution in [-0.2, 0) is 6.18 Å². The van der Waals surface area contributed by atoms with E-state index in [0.29, 0.717) is 43.6 Å². The molecule has 2 aromatic heterocycles. The van der Waals surface area contributed by atoms with Gasteiger partial charge in [0.25, 0.3) is 0 Å². The van der Waals surface area contributed by atoms with E-state index in [1.807, 2.05) is 11.8 Å². The van der Waals surface area contributed by atoms with Gasteiger partial charge in [0.15, 0.2) is 0 Å². The first-order valence-electron chi connectivity index (χ1n) is 7.63. The molecule has 0 radical (unpaired) electrons. The number of halogens is 3. The van der Waals surface area contributed by atoms with Crippen molar-refractivity contribution in [2.45, 2.75) is 31.9 Å². The minimum Gasteiger partial charge on any atom is -0.481 e. The molecule has 130 valence electrons. The smallest absolute Gasteiger partial charge is 0.432 e. The number of ether oxygens (including phenoxy) is 1. The Balaban J connectivity index is 1.68. The lowest BCUT2D eigenvalue weighted by molar-refractivity contribution is -0.141. The molecule has 1 aliphatic rings. The number of rotatable bonds is 3. The number of imidazole rings is 1. The molecule has 0 amide bonds. The lowest BCUT2D eigenvalue weighted by Gasteiger charge is -2.31. The highest BCUT2D eigenvalue weighted by Crippen LogP contribution is 2.32. The molecular weight excluding hydrogens is 323 g/mol. The first kappa shape index (κ1) is 16.5. The van der Waals surface area contributed by atoms with Crippen LogP contribution in [-0.4, -0.2) is 40.1 Å². The summed E-state index contributed by atoms with van der Waals surface area (Å²) in [4.78, 5) is 17.0. The molecule has 3 heterocycles. The Hall–Kier alpha value is -2.32. The zero-order valence-corrected chi connectivity index (χ0v) is 13.4. The molecule has 3 rings (SSSR count). The van der Waals surface area contributed by atoms with E-state index in [-0.39, 0.29) is 5.92 Å². The van der Waals surface area contributed by atoms with Crippen LogP contribution in [0.2, 0.25) is 0 Å². The second-order valence-electron chi connectivity index (χ2n) is 5.79.